The zero-order valence-electron chi connectivity index (χ0n) is 11.2. The number of rotatable bonds is 3. The minimum atomic E-state index is -0.217. The van der Waals surface area contributed by atoms with E-state index in [0.717, 1.165) is 10.0 Å². The molecule has 1 amide bonds. The van der Waals surface area contributed by atoms with Crippen LogP contribution in [0.3, 0.4) is 0 Å². The first-order valence-electron chi connectivity index (χ1n) is 6.02. The lowest BCUT2D eigenvalue weighted by Gasteiger charge is -2.10. The van der Waals surface area contributed by atoms with Crippen LogP contribution < -0.4 is 15.8 Å². The molecular weight excluding hydrogens is 320 g/mol. The van der Waals surface area contributed by atoms with Gasteiger partial charge in [-0.25, -0.2) is 0 Å². The molecular formula is C15H15BrN2O2. The molecule has 0 aromatic heterocycles. The second-order valence-electron chi connectivity index (χ2n) is 4.37. The van der Waals surface area contributed by atoms with Crippen LogP contribution in [0.25, 0.3) is 0 Å². The Bertz CT molecular complexity index is 656. The SMILES string of the molecule is COc1ccc(N)c(NC(=O)c2ccc(C)c(Br)c2)c1. The fraction of sp³-hybridized carbons (Fsp3) is 0.133. The first kappa shape index (κ1) is 14.4. The van der Waals surface area contributed by atoms with Crippen LogP contribution in [0.5, 0.6) is 5.75 Å². The second kappa shape index (κ2) is 5.96. The van der Waals surface area contributed by atoms with Crippen molar-refractivity contribution < 1.29 is 9.53 Å². The number of carbonyl (C=O) groups is 1. The van der Waals surface area contributed by atoms with Crippen molar-refractivity contribution in [3.63, 3.8) is 0 Å². The molecule has 0 spiro atoms. The molecule has 0 fully saturated rings. The normalized spacial score (nSPS) is 10.2. The Balaban J connectivity index is 2.25. The van der Waals surface area contributed by atoms with Gasteiger partial charge in [-0.1, -0.05) is 22.0 Å². The summed E-state index contributed by atoms with van der Waals surface area (Å²) >= 11 is 3.41. The van der Waals surface area contributed by atoms with Gasteiger partial charge in [-0.15, -0.1) is 0 Å². The molecule has 0 heterocycles. The van der Waals surface area contributed by atoms with Gasteiger partial charge in [-0.2, -0.15) is 0 Å². The summed E-state index contributed by atoms with van der Waals surface area (Å²) in [5.41, 5.74) is 8.50. The smallest absolute Gasteiger partial charge is 0.255 e. The predicted octanol–water partition coefficient (Wildman–Crippen LogP) is 3.60. The Labute approximate surface area is 126 Å². The Kier molecular flexibility index (Phi) is 4.29. The highest BCUT2D eigenvalue weighted by atomic mass is 79.9. The fourth-order valence-electron chi connectivity index (χ4n) is 1.70. The van der Waals surface area contributed by atoms with Gasteiger partial charge in [-0.3, -0.25) is 4.79 Å². The Morgan fingerprint density at radius 2 is 2.00 bits per heavy atom. The van der Waals surface area contributed by atoms with E-state index in [9.17, 15) is 4.79 Å². The topological polar surface area (TPSA) is 64.3 Å². The third-order valence-corrected chi connectivity index (χ3v) is 3.80. The average molecular weight is 335 g/mol. The maximum Gasteiger partial charge on any atom is 0.255 e. The molecule has 0 radical (unpaired) electrons. The van der Waals surface area contributed by atoms with Crippen molar-refractivity contribution in [1.29, 1.82) is 0 Å². The van der Waals surface area contributed by atoms with E-state index in [1.54, 1.807) is 37.4 Å². The van der Waals surface area contributed by atoms with Gasteiger partial charge in [0.2, 0.25) is 0 Å². The van der Waals surface area contributed by atoms with Crippen LogP contribution in [0.4, 0.5) is 11.4 Å². The Morgan fingerprint density at radius 3 is 2.65 bits per heavy atom. The minimum Gasteiger partial charge on any atom is -0.497 e. The lowest BCUT2D eigenvalue weighted by molar-refractivity contribution is 0.102. The quantitative estimate of drug-likeness (QED) is 0.843. The molecule has 4 nitrogen and oxygen atoms in total. The highest BCUT2D eigenvalue weighted by Gasteiger charge is 2.10. The lowest BCUT2D eigenvalue weighted by atomic mass is 10.1. The molecule has 0 aliphatic rings. The minimum absolute atomic E-state index is 0.217. The molecule has 2 aromatic carbocycles. The monoisotopic (exact) mass is 334 g/mol. The highest BCUT2D eigenvalue weighted by Crippen LogP contribution is 2.25. The summed E-state index contributed by atoms with van der Waals surface area (Å²) in [5.74, 6) is 0.422. The Hall–Kier alpha value is -2.01. The third kappa shape index (κ3) is 3.11. The number of carbonyl (C=O) groups excluding carboxylic acids is 1. The summed E-state index contributed by atoms with van der Waals surface area (Å²) in [5, 5.41) is 2.78. The van der Waals surface area contributed by atoms with Crippen molar-refractivity contribution in [3.05, 3.63) is 52.0 Å². The molecule has 0 atom stereocenters. The number of nitrogen functional groups attached to an aromatic ring is 1. The summed E-state index contributed by atoms with van der Waals surface area (Å²) in [6.45, 7) is 1.96. The van der Waals surface area contributed by atoms with Crippen molar-refractivity contribution in [2.45, 2.75) is 6.92 Å². The summed E-state index contributed by atoms with van der Waals surface area (Å²) in [6.07, 6.45) is 0. The zero-order valence-corrected chi connectivity index (χ0v) is 12.8. The van der Waals surface area contributed by atoms with Gasteiger partial charge in [0.25, 0.3) is 5.91 Å². The average Bonchev–Trinajstić information content (AvgIpc) is 2.44. The van der Waals surface area contributed by atoms with Crippen LogP contribution in [0.1, 0.15) is 15.9 Å². The van der Waals surface area contributed by atoms with Gasteiger partial charge in [0, 0.05) is 16.1 Å². The number of hydrogen-bond donors (Lipinski definition) is 2. The van der Waals surface area contributed by atoms with Gasteiger partial charge >= 0.3 is 0 Å². The largest absolute Gasteiger partial charge is 0.497 e. The van der Waals surface area contributed by atoms with E-state index >= 15 is 0 Å². The van der Waals surface area contributed by atoms with E-state index in [-0.39, 0.29) is 5.91 Å². The van der Waals surface area contributed by atoms with Gasteiger partial charge < -0.3 is 15.8 Å². The molecule has 104 valence electrons. The van der Waals surface area contributed by atoms with Crippen LogP contribution in [-0.2, 0) is 0 Å². The number of nitrogens with two attached hydrogens (primary N) is 1. The van der Waals surface area contributed by atoms with Crippen molar-refractivity contribution >= 4 is 33.2 Å². The number of halogens is 1. The van der Waals surface area contributed by atoms with Gasteiger partial charge in [-0.05, 0) is 36.8 Å². The van der Waals surface area contributed by atoms with Gasteiger partial charge in [0.1, 0.15) is 5.75 Å². The third-order valence-electron chi connectivity index (χ3n) is 2.94. The van der Waals surface area contributed by atoms with Gasteiger partial charge in [0.15, 0.2) is 0 Å². The van der Waals surface area contributed by atoms with E-state index < -0.39 is 0 Å². The van der Waals surface area contributed by atoms with Crippen LogP contribution in [-0.4, -0.2) is 13.0 Å². The fourth-order valence-corrected chi connectivity index (χ4v) is 2.08. The van der Waals surface area contributed by atoms with E-state index in [1.165, 1.54) is 0 Å². The van der Waals surface area contributed by atoms with Crippen LogP contribution in [0, 0.1) is 6.92 Å². The van der Waals surface area contributed by atoms with E-state index in [1.807, 2.05) is 13.0 Å². The first-order valence-corrected chi connectivity index (χ1v) is 6.81. The maximum atomic E-state index is 12.2. The molecule has 5 heteroatoms. The predicted molar refractivity (Wildman–Crippen MR) is 84.2 cm³/mol. The number of aryl methyl sites for hydroxylation is 1. The number of nitrogens with one attached hydrogen (secondary N) is 1. The summed E-state index contributed by atoms with van der Waals surface area (Å²) in [7, 11) is 1.56. The molecule has 0 aliphatic heterocycles. The lowest BCUT2D eigenvalue weighted by Crippen LogP contribution is -2.13. The van der Waals surface area contributed by atoms with Gasteiger partial charge in [0.05, 0.1) is 18.5 Å². The van der Waals surface area contributed by atoms with E-state index in [4.69, 9.17) is 10.5 Å². The molecule has 0 unspecified atom stereocenters. The van der Waals surface area contributed by atoms with Crippen molar-refractivity contribution in [2.75, 3.05) is 18.2 Å². The molecule has 0 saturated heterocycles. The summed E-state index contributed by atoms with van der Waals surface area (Å²) in [4.78, 5) is 12.2. The molecule has 3 N–H and O–H groups in total. The van der Waals surface area contributed by atoms with E-state index in [2.05, 4.69) is 21.2 Å². The van der Waals surface area contributed by atoms with Crippen molar-refractivity contribution in [2.24, 2.45) is 0 Å². The molecule has 0 aliphatic carbocycles. The summed E-state index contributed by atoms with van der Waals surface area (Å²) in [6, 6.07) is 10.6. The highest BCUT2D eigenvalue weighted by molar-refractivity contribution is 9.10. The number of benzene rings is 2. The molecule has 0 bridgehead atoms. The van der Waals surface area contributed by atoms with E-state index in [0.29, 0.717) is 22.7 Å². The maximum absolute atomic E-state index is 12.2. The zero-order chi connectivity index (χ0) is 14.7. The summed E-state index contributed by atoms with van der Waals surface area (Å²) < 4.78 is 6.01. The second-order valence-corrected chi connectivity index (χ2v) is 5.23. The standard InChI is InChI=1S/C15H15BrN2O2/c1-9-3-4-10(7-12(9)16)15(19)18-14-8-11(20-2)5-6-13(14)17/h3-8H,17H2,1-2H3,(H,18,19). The van der Waals surface area contributed by atoms with Crippen molar-refractivity contribution in [3.8, 4) is 5.75 Å². The molecule has 2 aromatic rings. The molecule has 20 heavy (non-hydrogen) atoms. The van der Waals surface area contributed by atoms with Crippen LogP contribution >= 0.6 is 15.9 Å². The number of methoxy groups -OCH3 is 1. The number of ether oxygens (including phenoxy) is 1. The van der Waals surface area contributed by atoms with Crippen molar-refractivity contribution in [1.82, 2.24) is 0 Å². The number of hydrogen-bond acceptors (Lipinski definition) is 3. The Morgan fingerprint density at radius 1 is 1.25 bits per heavy atom. The number of amides is 1. The molecule has 2 rings (SSSR count). The van der Waals surface area contributed by atoms with Crippen LogP contribution in [0.15, 0.2) is 40.9 Å². The number of anilines is 2. The molecule has 0 saturated carbocycles. The first-order chi connectivity index (χ1) is 9.51. The van der Waals surface area contributed by atoms with Crippen LogP contribution in [0.2, 0.25) is 0 Å².